The Bertz CT molecular complexity index is 1410. The van der Waals surface area contributed by atoms with Crippen molar-refractivity contribution in [2.45, 2.75) is 52.1 Å². The summed E-state index contributed by atoms with van der Waals surface area (Å²) in [4.78, 5) is 75.7. The molecule has 0 bridgehead atoms. The number of halogens is 1. The zero-order valence-corrected chi connectivity index (χ0v) is 25.7. The van der Waals surface area contributed by atoms with Gasteiger partial charge in [-0.2, -0.15) is 0 Å². The number of aryl methyl sites for hydroxylation is 1. The number of hydrogen-bond acceptors (Lipinski definition) is 6. The number of hydrogen-bond donors (Lipinski definition) is 5. The molecule has 1 aliphatic heterocycles. The summed E-state index contributed by atoms with van der Waals surface area (Å²) in [5.74, 6) is -2.65. The predicted molar refractivity (Wildman–Crippen MR) is 165 cm³/mol. The van der Waals surface area contributed by atoms with Gasteiger partial charge in [0.2, 0.25) is 17.7 Å². The van der Waals surface area contributed by atoms with Gasteiger partial charge in [-0.3, -0.25) is 24.0 Å². The van der Waals surface area contributed by atoms with Crippen LogP contribution >= 0.6 is 15.9 Å². The summed E-state index contributed by atoms with van der Waals surface area (Å²) in [6, 6.07) is 11.0. The molecule has 12 nitrogen and oxygen atoms in total. The van der Waals surface area contributed by atoms with Crippen LogP contribution in [0.2, 0.25) is 0 Å². The monoisotopic (exact) mass is 654 g/mol. The first-order valence-corrected chi connectivity index (χ1v) is 14.5. The van der Waals surface area contributed by atoms with E-state index in [-0.39, 0.29) is 29.8 Å². The molecule has 13 heteroatoms. The fourth-order valence-corrected chi connectivity index (χ4v) is 4.68. The Morgan fingerprint density at radius 3 is 2.14 bits per heavy atom. The fraction of sp³-hybridized carbons (Fsp3) is 0.333. The molecule has 0 radical (unpaired) electrons. The number of carbonyl (C=O) groups excluding carboxylic acids is 6. The molecule has 2 aromatic carbocycles. The highest BCUT2D eigenvalue weighted by atomic mass is 79.9. The third-order valence-electron chi connectivity index (χ3n) is 6.62. The van der Waals surface area contributed by atoms with Crippen molar-refractivity contribution in [2.24, 2.45) is 11.7 Å². The maximum atomic E-state index is 13.3. The molecule has 0 spiro atoms. The van der Waals surface area contributed by atoms with Crippen LogP contribution in [0.15, 0.2) is 59.1 Å². The molecular formula is C30H35BrN6O6. The van der Waals surface area contributed by atoms with Gasteiger partial charge in [0.25, 0.3) is 11.8 Å². The number of nitrogens with zero attached hydrogens (tertiary/aromatic N) is 1. The van der Waals surface area contributed by atoms with E-state index in [4.69, 9.17) is 5.73 Å². The van der Waals surface area contributed by atoms with Crippen LogP contribution in [0, 0.1) is 12.8 Å². The topological polar surface area (TPSA) is 180 Å². The van der Waals surface area contributed by atoms with Crippen molar-refractivity contribution in [3.8, 4) is 0 Å². The Morgan fingerprint density at radius 1 is 0.930 bits per heavy atom. The summed E-state index contributed by atoms with van der Waals surface area (Å²) < 4.78 is 0.163. The number of rotatable bonds is 13. The molecule has 3 rings (SSSR count). The second-order valence-electron chi connectivity index (χ2n) is 10.5. The SMILES string of the molecule is Cc1ccc(NC(=O)[C@H](CCCNC(N)=O)NC(=O)[C@@H](NC(=O)Cc2ccc(N3C(=O)C=C(Br)C3=O)cc2)C(C)C)cc1. The second-order valence-corrected chi connectivity index (χ2v) is 11.3. The molecule has 1 aliphatic rings. The quantitative estimate of drug-likeness (QED) is 0.163. The molecule has 43 heavy (non-hydrogen) atoms. The maximum absolute atomic E-state index is 13.3. The van der Waals surface area contributed by atoms with Gasteiger partial charge in [-0.25, -0.2) is 9.69 Å². The number of amides is 7. The minimum absolute atomic E-state index is 0.0588. The summed E-state index contributed by atoms with van der Waals surface area (Å²) in [5.41, 5.74) is 7.67. The standard InChI is InChI=1S/C30H35BrN6O6/c1-17(2)26(36-24(38)15-19-8-12-21(13-9-19)37-25(39)16-22(31)29(37)42)28(41)35-23(5-4-14-33-30(32)43)27(40)34-20-10-6-18(3)7-11-20/h6-13,16-17,23,26H,4-5,14-15H2,1-3H3,(H,34,40)(H,35,41)(H,36,38)(H3,32,33,43)/t23-,26-/m0/s1. The van der Waals surface area contributed by atoms with Gasteiger partial charge in [0.15, 0.2) is 0 Å². The molecule has 6 N–H and O–H groups in total. The first-order valence-electron chi connectivity index (χ1n) is 13.7. The number of urea groups is 1. The van der Waals surface area contributed by atoms with E-state index < -0.39 is 47.7 Å². The van der Waals surface area contributed by atoms with E-state index in [2.05, 4.69) is 37.2 Å². The zero-order valence-electron chi connectivity index (χ0n) is 24.1. The Balaban J connectivity index is 1.64. The van der Waals surface area contributed by atoms with Crippen molar-refractivity contribution in [3.63, 3.8) is 0 Å². The molecule has 0 saturated heterocycles. The first-order chi connectivity index (χ1) is 20.3. The Morgan fingerprint density at radius 2 is 1.58 bits per heavy atom. The average molecular weight is 656 g/mol. The van der Waals surface area contributed by atoms with Gasteiger partial charge in [-0.05, 0) is 71.4 Å². The minimum Gasteiger partial charge on any atom is -0.352 e. The third kappa shape index (κ3) is 9.50. The molecule has 7 amide bonds. The molecule has 1 heterocycles. The summed E-state index contributed by atoms with van der Waals surface area (Å²) in [5, 5.41) is 10.8. The first kappa shape index (κ1) is 33.0. The third-order valence-corrected chi connectivity index (χ3v) is 7.19. The van der Waals surface area contributed by atoms with E-state index in [1.165, 1.54) is 6.08 Å². The van der Waals surface area contributed by atoms with Crippen LogP contribution < -0.4 is 31.9 Å². The number of nitrogens with one attached hydrogen (secondary N) is 4. The van der Waals surface area contributed by atoms with Crippen LogP contribution in [0.1, 0.15) is 37.8 Å². The van der Waals surface area contributed by atoms with Crippen molar-refractivity contribution in [2.75, 3.05) is 16.8 Å². The Hall–Kier alpha value is -4.52. The minimum atomic E-state index is -0.945. The second kappa shape index (κ2) is 15.1. The number of primary amides is 1. The van der Waals surface area contributed by atoms with Gasteiger partial charge in [-0.1, -0.05) is 43.7 Å². The van der Waals surface area contributed by atoms with E-state index in [0.29, 0.717) is 23.4 Å². The van der Waals surface area contributed by atoms with Crippen molar-refractivity contribution in [1.29, 1.82) is 0 Å². The largest absolute Gasteiger partial charge is 0.352 e. The highest BCUT2D eigenvalue weighted by molar-refractivity contribution is 9.12. The molecular weight excluding hydrogens is 620 g/mol. The van der Waals surface area contributed by atoms with Gasteiger partial charge in [0, 0.05) is 18.3 Å². The van der Waals surface area contributed by atoms with E-state index in [9.17, 15) is 28.8 Å². The zero-order chi connectivity index (χ0) is 31.7. The lowest BCUT2D eigenvalue weighted by molar-refractivity contribution is -0.131. The summed E-state index contributed by atoms with van der Waals surface area (Å²) in [6.45, 7) is 5.68. The van der Waals surface area contributed by atoms with Crippen molar-refractivity contribution in [3.05, 3.63) is 70.2 Å². The number of anilines is 2. The van der Waals surface area contributed by atoms with E-state index >= 15 is 0 Å². The lowest BCUT2D eigenvalue weighted by Crippen LogP contribution is -2.54. The molecule has 0 unspecified atom stereocenters. The average Bonchev–Trinajstić information content (AvgIpc) is 3.20. The summed E-state index contributed by atoms with van der Waals surface area (Å²) >= 11 is 3.06. The van der Waals surface area contributed by atoms with Gasteiger partial charge in [0.05, 0.1) is 16.6 Å². The number of carbonyl (C=O) groups is 6. The number of benzene rings is 2. The van der Waals surface area contributed by atoms with Crippen LogP contribution in [-0.4, -0.2) is 54.2 Å². The van der Waals surface area contributed by atoms with Gasteiger partial charge < -0.3 is 27.0 Å². The maximum Gasteiger partial charge on any atom is 0.312 e. The van der Waals surface area contributed by atoms with Crippen LogP contribution in [0.3, 0.4) is 0 Å². The van der Waals surface area contributed by atoms with E-state index in [1.807, 2.05) is 19.1 Å². The summed E-state index contributed by atoms with van der Waals surface area (Å²) in [7, 11) is 0. The van der Waals surface area contributed by atoms with E-state index in [0.717, 1.165) is 10.5 Å². The Labute approximate surface area is 257 Å². The highest BCUT2D eigenvalue weighted by Crippen LogP contribution is 2.25. The molecule has 0 saturated carbocycles. The van der Waals surface area contributed by atoms with Crippen LogP contribution in [0.4, 0.5) is 16.2 Å². The van der Waals surface area contributed by atoms with Crippen molar-refractivity contribution in [1.82, 2.24) is 16.0 Å². The Kier molecular flexibility index (Phi) is 11.6. The molecule has 0 fully saturated rings. The summed E-state index contributed by atoms with van der Waals surface area (Å²) in [6.07, 6.45) is 1.71. The van der Waals surface area contributed by atoms with Crippen molar-refractivity contribution >= 4 is 62.9 Å². The van der Waals surface area contributed by atoms with Crippen LogP contribution in [-0.2, 0) is 30.4 Å². The van der Waals surface area contributed by atoms with E-state index in [1.54, 1.807) is 50.2 Å². The van der Waals surface area contributed by atoms with Crippen molar-refractivity contribution < 1.29 is 28.8 Å². The normalized spacial score (nSPS) is 14.2. The van der Waals surface area contributed by atoms with Crippen LogP contribution in [0.5, 0.6) is 0 Å². The molecule has 0 aliphatic carbocycles. The molecule has 228 valence electrons. The smallest absolute Gasteiger partial charge is 0.312 e. The predicted octanol–water partition coefficient (Wildman–Crippen LogP) is 2.40. The number of imide groups is 1. The van der Waals surface area contributed by atoms with Gasteiger partial charge in [0.1, 0.15) is 12.1 Å². The van der Waals surface area contributed by atoms with Gasteiger partial charge >= 0.3 is 6.03 Å². The fourth-order valence-electron chi connectivity index (χ4n) is 4.31. The molecule has 0 aromatic heterocycles. The molecule has 2 atom stereocenters. The van der Waals surface area contributed by atoms with Gasteiger partial charge in [-0.15, -0.1) is 0 Å². The highest BCUT2D eigenvalue weighted by Gasteiger charge is 2.31. The van der Waals surface area contributed by atoms with Crippen LogP contribution in [0.25, 0.3) is 0 Å². The molecule has 2 aromatic rings. The lowest BCUT2D eigenvalue weighted by atomic mass is 10.0. The lowest BCUT2D eigenvalue weighted by Gasteiger charge is -2.25. The number of nitrogens with two attached hydrogens (primary N) is 1.